The molecular weight excluding hydrogens is 176 g/mol. The van der Waals surface area contributed by atoms with Gasteiger partial charge in [0.2, 0.25) is 5.91 Å². The minimum absolute atomic E-state index is 0.0965. The molecule has 0 radical (unpaired) electrons. The molecule has 0 bridgehead atoms. The van der Waals surface area contributed by atoms with Crippen molar-refractivity contribution in [2.24, 2.45) is 11.7 Å². The predicted octanol–water partition coefficient (Wildman–Crippen LogP) is 1.42. The van der Waals surface area contributed by atoms with Crippen LogP contribution in [0.1, 0.15) is 46.0 Å². The van der Waals surface area contributed by atoms with Gasteiger partial charge in [-0.25, -0.2) is 0 Å². The molecule has 82 valence electrons. The second kappa shape index (κ2) is 4.78. The highest BCUT2D eigenvalue weighted by Crippen LogP contribution is 2.32. The van der Waals surface area contributed by atoms with E-state index in [0.717, 1.165) is 12.8 Å². The number of nitrogens with one attached hydrogen (secondary N) is 1. The Morgan fingerprint density at radius 1 is 1.57 bits per heavy atom. The average molecular weight is 198 g/mol. The molecular formula is C11H22N2O. The summed E-state index contributed by atoms with van der Waals surface area (Å²) >= 11 is 0. The topological polar surface area (TPSA) is 55.1 Å². The molecule has 1 fully saturated rings. The van der Waals surface area contributed by atoms with Gasteiger partial charge in [0.1, 0.15) is 0 Å². The number of carbonyl (C=O) groups is 1. The molecule has 14 heavy (non-hydrogen) atoms. The fourth-order valence-corrected chi connectivity index (χ4v) is 1.62. The van der Waals surface area contributed by atoms with Gasteiger partial charge in [-0.05, 0) is 45.1 Å². The summed E-state index contributed by atoms with van der Waals surface area (Å²) in [5.74, 6) is 0.860. The second-order valence-corrected chi connectivity index (χ2v) is 4.65. The van der Waals surface area contributed by atoms with Gasteiger partial charge in [0, 0.05) is 12.0 Å². The Hall–Kier alpha value is -0.570. The van der Waals surface area contributed by atoms with Crippen LogP contribution < -0.4 is 11.1 Å². The SMILES string of the molecule is CCC(C)(CCN)NC(=O)CC1CC1. The zero-order valence-corrected chi connectivity index (χ0v) is 9.31. The highest BCUT2D eigenvalue weighted by molar-refractivity contribution is 5.77. The zero-order chi connectivity index (χ0) is 10.6. The monoisotopic (exact) mass is 198 g/mol. The summed E-state index contributed by atoms with van der Waals surface area (Å²) in [5, 5.41) is 3.10. The van der Waals surface area contributed by atoms with Crippen molar-refractivity contribution < 1.29 is 4.79 Å². The summed E-state index contributed by atoms with van der Waals surface area (Å²) < 4.78 is 0. The maximum absolute atomic E-state index is 11.6. The van der Waals surface area contributed by atoms with Crippen molar-refractivity contribution in [1.29, 1.82) is 0 Å². The van der Waals surface area contributed by atoms with E-state index in [0.29, 0.717) is 18.9 Å². The summed E-state index contributed by atoms with van der Waals surface area (Å²) in [4.78, 5) is 11.6. The molecule has 1 amide bonds. The van der Waals surface area contributed by atoms with Crippen molar-refractivity contribution in [2.75, 3.05) is 6.54 Å². The standard InChI is InChI=1S/C11H22N2O/c1-3-11(2,6-7-12)13-10(14)8-9-4-5-9/h9H,3-8,12H2,1-2H3,(H,13,14). The van der Waals surface area contributed by atoms with E-state index >= 15 is 0 Å². The highest BCUT2D eigenvalue weighted by atomic mass is 16.1. The molecule has 1 aliphatic rings. The molecule has 0 aromatic heterocycles. The van der Waals surface area contributed by atoms with Crippen LogP contribution in [-0.2, 0) is 4.79 Å². The van der Waals surface area contributed by atoms with E-state index in [2.05, 4.69) is 19.2 Å². The van der Waals surface area contributed by atoms with Crippen LogP contribution in [0.2, 0.25) is 0 Å². The molecule has 0 heterocycles. The Bertz CT molecular complexity index is 201. The first kappa shape index (κ1) is 11.5. The molecule has 1 rings (SSSR count). The summed E-state index contributed by atoms with van der Waals surface area (Å²) in [6.07, 6.45) is 4.97. The maximum Gasteiger partial charge on any atom is 0.220 e. The van der Waals surface area contributed by atoms with Crippen molar-refractivity contribution in [2.45, 2.75) is 51.5 Å². The number of hydrogen-bond acceptors (Lipinski definition) is 2. The molecule has 1 saturated carbocycles. The van der Waals surface area contributed by atoms with Gasteiger partial charge in [0.15, 0.2) is 0 Å². The minimum atomic E-state index is -0.0965. The summed E-state index contributed by atoms with van der Waals surface area (Å²) in [5.41, 5.74) is 5.43. The molecule has 0 spiro atoms. The lowest BCUT2D eigenvalue weighted by Crippen LogP contribution is -2.46. The van der Waals surface area contributed by atoms with Crippen molar-refractivity contribution >= 4 is 5.91 Å². The lowest BCUT2D eigenvalue weighted by Gasteiger charge is -2.29. The second-order valence-electron chi connectivity index (χ2n) is 4.65. The highest BCUT2D eigenvalue weighted by Gasteiger charge is 2.28. The van der Waals surface area contributed by atoms with Gasteiger partial charge in [0.25, 0.3) is 0 Å². The zero-order valence-electron chi connectivity index (χ0n) is 9.31. The number of amides is 1. The van der Waals surface area contributed by atoms with Crippen molar-refractivity contribution in [3.63, 3.8) is 0 Å². The van der Waals surface area contributed by atoms with Gasteiger partial charge in [-0.2, -0.15) is 0 Å². The van der Waals surface area contributed by atoms with Gasteiger partial charge in [0.05, 0.1) is 0 Å². The molecule has 1 atom stereocenters. The number of nitrogens with two attached hydrogens (primary N) is 1. The normalized spacial score (nSPS) is 20.2. The van der Waals surface area contributed by atoms with Crippen LogP contribution >= 0.6 is 0 Å². The molecule has 3 heteroatoms. The van der Waals surface area contributed by atoms with Gasteiger partial charge in [-0.3, -0.25) is 4.79 Å². The van der Waals surface area contributed by atoms with E-state index in [9.17, 15) is 4.79 Å². The van der Waals surface area contributed by atoms with Crippen LogP contribution in [0.4, 0.5) is 0 Å². The lowest BCUT2D eigenvalue weighted by molar-refractivity contribution is -0.123. The average Bonchev–Trinajstić information content (AvgIpc) is 2.88. The van der Waals surface area contributed by atoms with Crippen LogP contribution in [0.25, 0.3) is 0 Å². The third-order valence-corrected chi connectivity index (χ3v) is 3.09. The number of rotatable bonds is 6. The number of carbonyl (C=O) groups excluding carboxylic acids is 1. The molecule has 1 unspecified atom stereocenters. The Morgan fingerprint density at radius 2 is 2.21 bits per heavy atom. The summed E-state index contributed by atoms with van der Waals surface area (Å²) in [7, 11) is 0. The third kappa shape index (κ3) is 3.66. The van der Waals surface area contributed by atoms with E-state index in [1.165, 1.54) is 12.8 Å². The summed E-state index contributed by atoms with van der Waals surface area (Å²) in [6, 6.07) is 0. The van der Waals surface area contributed by atoms with E-state index in [1.54, 1.807) is 0 Å². The first-order chi connectivity index (χ1) is 6.59. The Balaban J connectivity index is 2.33. The maximum atomic E-state index is 11.6. The Kier molecular flexibility index (Phi) is 3.93. The molecule has 1 aliphatic carbocycles. The molecule has 3 N–H and O–H groups in total. The van der Waals surface area contributed by atoms with Gasteiger partial charge in [-0.15, -0.1) is 0 Å². The lowest BCUT2D eigenvalue weighted by atomic mass is 9.94. The van der Waals surface area contributed by atoms with Crippen molar-refractivity contribution in [3.8, 4) is 0 Å². The van der Waals surface area contributed by atoms with Gasteiger partial charge >= 0.3 is 0 Å². The smallest absolute Gasteiger partial charge is 0.220 e. The largest absolute Gasteiger partial charge is 0.351 e. The van der Waals surface area contributed by atoms with E-state index in [4.69, 9.17) is 5.73 Å². The van der Waals surface area contributed by atoms with E-state index < -0.39 is 0 Å². The van der Waals surface area contributed by atoms with Crippen molar-refractivity contribution in [3.05, 3.63) is 0 Å². The summed E-state index contributed by atoms with van der Waals surface area (Å²) in [6.45, 7) is 4.80. The molecule has 3 nitrogen and oxygen atoms in total. The van der Waals surface area contributed by atoms with Crippen molar-refractivity contribution in [1.82, 2.24) is 5.32 Å². The first-order valence-electron chi connectivity index (χ1n) is 5.60. The predicted molar refractivity (Wildman–Crippen MR) is 57.9 cm³/mol. The van der Waals surface area contributed by atoms with Gasteiger partial charge in [-0.1, -0.05) is 6.92 Å². The van der Waals surface area contributed by atoms with Crippen LogP contribution in [0, 0.1) is 5.92 Å². The van der Waals surface area contributed by atoms with Crippen LogP contribution in [0.5, 0.6) is 0 Å². The fourth-order valence-electron chi connectivity index (χ4n) is 1.62. The van der Waals surface area contributed by atoms with Gasteiger partial charge < -0.3 is 11.1 Å². The molecule has 0 saturated heterocycles. The third-order valence-electron chi connectivity index (χ3n) is 3.09. The van der Waals surface area contributed by atoms with E-state index in [-0.39, 0.29) is 11.4 Å². The van der Waals surface area contributed by atoms with Crippen LogP contribution in [-0.4, -0.2) is 18.0 Å². The first-order valence-corrected chi connectivity index (χ1v) is 5.60. The molecule has 0 aliphatic heterocycles. The molecule has 0 aromatic carbocycles. The minimum Gasteiger partial charge on any atom is -0.351 e. The fraction of sp³-hybridized carbons (Fsp3) is 0.909. The number of hydrogen-bond donors (Lipinski definition) is 2. The molecule has 0 aromatic rings. The Morgan fingerprint density at radius 3 is 2.64 bits per heavy atom. The quantitative estimate of drug-likeness (QED) is 0.678. The van der Waals surface area contributed by atoms with Crippen LogP contribution in [0.3, 0.4) is 0 Å². The van der Waals surface area contributed by atoms with Crippen LogP contribution in [0.15, 0.2) is 0 Å². The Labute approximate surface area is 86.4 Å². The van der Waals surface area contributed by atoms with E-state index in [1.807, 2.05) is 0 Å².